The van der Waals surface area contributed by atoms with Gasteiger partial charge in [0.15, 0.2) is 0 Å². The number of amides is 2. The summed E-state index contributed by atoms with van der Waals surface area (Å²) < 4.78 is 32.7. The van der Waals surface area contributed by atoms with Crippen molar-refractivity contribution in [3.8, 4) is 5.75 Å². The predicted molar refractivity (Wildman–Crippen MR) is 88.3 cm³/mol. The molecule has 0 atom stereocenters. The molecule has 0 bridgehead atoms. The maximum Gasteiger partial charge on any atom is 0.276 e. The van der Waals surface area contributed by atoms with Crippen molar-refractivity contribution in [2.24, 2.45) is 5.10 Å². The van der Waals surface area contributed by atoms with Crippen molar-refractivity contribution in [3.63, 3.8) is 0 Å². The van der Waals surface area contributed by atoms with E-state index in [-0.39, 0.29) is 16.7 Å². The molecule has 0 aliphatic rings. The Morgan fingerprint density at radius 1 is 1.19 bits per heavy atom. The summed E-state index contributed by atoms with van der Waals surface area (Å²) in [5.74, 6) is -2.86. The van der Waals surface area contributed by atoms with Crippen LogP contribution in [0.25, 0.3) is 0 Å². The summed E-state index contributed by atoms with van der Waals surface area (Å²) in [7, 11) is 2.66. The summed E-state index contributed by atoms with van der Waals surface area (Å²) in [5, 5.41) is 13.1. The van der Waals surface area contributed by atoms with E-state index >= 15 is 0 Å². The van der Waals surface area contributed by atoms with Gasteiger partial charge < -0.3 is 4.74 Å². The van der Waals surface area contributed by atoms with Gasteiger partial charge in [0.2, 0.25) is 0 Å². The summed E-state index contributed by atoms with van der Waals surface area (Å²) in [4.78, 5) is 23.5. The van der Waals surface area contributed by atoms with E-state index in [9.17, 15) is 18.4 Å². The Bertz CT molecular complexity index is 871. The van der Waals surface area contributed by atoms with E-state index in [0.29, 0.717) is 5.75 Å². The van der Waals surface area contributed by atoms with Crippen molar-refractivity contribution >= 4 is 18.0 Å². The summed E-state index contributed by atoms with van der Waals surface area (Å²) in [5.41, 5.74) is 1.04. The summed E-state index contributed by atoms with van der Waals surface area (Å²) in [6.45, 7) is 0. The van der Waals surface area contributed by atoms with Crippen LogP contribution in [0.5, 0.6) is 5.75 Å². The highest BCUT2D eigenvalue weighted by Crippen LogP contribution is 2.18. The van der Waals surface area contributed by atoms with E-state index in [0.717, 1.165) is 23.4 Å². The highest BCUT2D eigenvalue weighted by Gasteiger charge is 2.17. The van der Waals surface area contributed by atoms with Crippen LogP contribution in [0.3, 0.4) is 0 Å². The van der Waals surface area contributed by atoms with Gasteiger partial charge in [0.25, 0.3) is 11.8 Å². The first-order chi connectivity index (χ1) is 12.4. The fourth-order valence-corrected chi connectivity index (χ4v) is 2.01. The fourth-order valence-electron chi connectivity index (χ4n) is 2.01. The molecule has 0 spiro atoms. The first-order valence-electron chi connectivity index (χ1n) is 7.27. The van der Waals surface area contributed by atoms with Gasteiger partial charge in [0, 0.05) is 18.2 Å². The van der Waals surface area contributed by atoms with Crippen molar-refractivity contribution < 1.29 is 28.3 Å². The number of ether oxygens (including phenoxy) is 1. The van der Waals surface area contributed by atoms with Crippen LogP contribution < -0.4 is 10.2 Å². The molecule has 0 fully saturated rings. The number of nitrogens with one attached hydrogen (secondary N) is 1. The maximum atomic E-state index is 14.0. The van der Waals surface area contributed by atoms with E-state index in [2.05, 4.69) is 5.10 Å². The van der Waals surface area contributed by atoms with Gasteiger partial charge in [-0.25, -0.2) is 19.3 Å². The van der Waals surface area contributed by atoms with Gasteiger partial charge >= 0.3 is 0 Å². The van der Waals surface area contributed by atoms with Gasteiger partial charge in [-0.1, -0.05) is 0 Å². The lowest BCUT2D eigenvalue weighted by Gasteiger charge is -2.12. The molecule has 0 aliphatic carbocycles. The van der Waals surface area contributed by atoms with Crippen molar-refractivity contribution in [3.05, 3.63) is 64.7 Å². The molecule has 0 aromatic heterocycles. The Labute approximate surface area is 147 Å². The Morgan fingerprint density at radius 3 is 2.54 bits per heavy atom. The van der Waals surface area contributed by atoms with E-state index in [1.807, 2.05) is 0 Å². The minimum absolute atomic E-state index is 0.00902. The van der Waals surface area contributed by atoms with Crippen LogP contribution in [0.1, 0.15) is 26.3 Å². The third kappa shape index (κ3) is 4.19. The van der Waals surface area contributed by atoms with Crippen LogP contribution in [-0.4, -0.2) is 42.4 Å². The van der Waals surface area contributed by atoms with Crippen molar-refractivity contribution in [2.75, 3.05) is 14.2 Å². The molecule has 2 N–H and O–H groups in total. The van der Waals surface area contributed by atoms with Gasteiger partial charge in [0.1, 0.15) is 17.4 Å². The first kappa shape index (κ1) is 19.0. The van der Waals surface area contributed by atoms with Crippen molar-refractivity contribution in [2.45, 2.75) is 0 Å². The van der Waals surface area contributed by atoms with E-state index in [1.165, 1.54) is 43.9 Å². The van der Waals surface area contributed by atoms with E-state index in [1.54, 1.807) is 0 Å². The molecule has 2 aromatic rings. The number of rotatable bonds is 5. The number of nitrogens with zero attached hydrogens (tertiary/aromatic N) is 2. The van der Waals surface area contributed by atoms with Gasteiger partial charge in [0.05, 0.1) is 18.9 Å². The standard InChI is InChI=1S/C17H15F2N3O4/c1-22(17(24)13-8-12(26-2)5-6-14(13)18)20-9-11-4-3-10(7-15(11)19)16(23)21-25/h3-9,25H,1-2H3,(H,21,23)/b20-9+. The average Bonchev–Trinajstić information content (AvgIpc) is 2.65. The largest absolute Gasteiger partial charge is 0.497 e. The zero-order chi connectivity index (χ0) is 19.3. The molecule has 2 aromatic carbocycles. The Balaban J connectivity index is 2.20. The van der Waals surface area contributed by atoms with E-state index < -0.39 is 23.4 Å². The van der Waals surface area contributed by atoms with Crippen molar-refractivity contribution in [1.82, 2.24) is 10.5 Å². The number of hydrogen-bond donors (Lipinski definition) is 2. The molecular weight excluding hydrogens is 348 g/mol. The number of hydrogen-bond acceptors (Lipinski definition) is 5. The second kappa shape index (κ2) is 8.17. The second-order valence-electron chi connectivity index (χ2n) is 5.10. The predicted octanol–water partition coefficient (Wildman–Crippen LogP) is 2.20. The number of carbonyl (C=O) groups excluding carboxylic acids is 2. The number of carbonyl (C=O) groups is 2. The number of hydrazone groups is 1. The monoisotopic (exact) mass is 363 g/mol. The molecule has 26 heavy (non-hydrogen) atoms. The third-order valence-electron chi connectivity index (χ3n) is 3.43. The smallest absolute Gasteiger partial charge is 0.276 e. The molecule has 0 aliphatic heterocycles. The van der Waals surface area contributed by atoms with Gasteiger partial charge in [-0.3, -0.25) is 14.8 Å². The Kier molecular flexibility index (Phi) is 5.97. The molecule has 0 saturated carbocycles. The molecule has 0 heterocycles. The Hall–Kier alpha value is -3.33. The number of halogens is 2. The summed E-state index contributed by atoms with van der Waals surface area (Å²) in [6, 6.07) is 7.10. The summed E-state index contributed by atoms with van der Waals surface area (Å²) in [6.07, 6.45) is 1.05. The number of hydroxylamine groups is 1. The number of methoxy groups -OCH3 is 1. The van der Waals surface area contributed by atoms with Gasteiger partial charge in [-0.15, -0.1) is 0 Å². The van der Waals surface area contributed by atoms with Gasteiger partial charge in [-0.05, 0) is 36.4 Å². The molecule has 9 heteroatoms. The normalized spacial score (nSPS) is 10.7. The fraction of sp³-hybridized carbons (Fsp3) is 0.118. The molecule has 0 unspecified atom stereocenters. The SMILES string of the molecule is COc1ccc(F)c(C(=O)N(C)/N=C/c2ccc(C(=O)NO)cc2F)c1. The van der Waals surface area contributed by atoms with Crippen LogP contribution in [0.4, 0.5) is 8.78 Å². The zero-order valence-corrected chi connectivity index (χ0v) is 13.9. The quantitative estimate of drug-likeness (QED) is 0.484. The molecule has 2 amide bonds. The molecule has 0 radical (unpaired) electrons. The highest BCUT2D eigenvalue weighted by molar-refractivity contribution is 5.96. The van der Waals surface area contributed by atoms with Crippen LogP contribution >= 0.6 is 0 Å². The van der Waals surface area contributed by atoms with Gasteiger partial charge in [-0.2, -0.15) is 5.10 Å². The van der Waals surface area contributed by atoms with Crippen molar-refractivity contribution in [1.29, 1.82) is 0 Å². The molecule has 0 saturated heterocycles. The molecule has 136 valence electrons. The molecule has 7 nitrogen and oxygen atoms in total. The topological polar surface area (TPSA) is 91.2 Å². The maximum absolute atomic E-state index is 14.0. The van der Waals surface area contributed by atoms with E-state index in [4.69, 9.17) is 9.94 Å². The zero-order valence-electron chi connectivity index (χ0n) is 13.9. The average molecular weight is 363 g/mol. The molecular formula is C17H15F2N3O4. The lowest BCUT2D eigenvalue weighted by Crippen LogP contribution is -2.22. The van der Waals surface area contributed by atoms with Crippen LogP contribution in [0.15, 0.2) is 41.5 Å². The minimum Gasteiger partial charge on any atom is -0.497 e. The highest BCUT2D eigenvalue weighted by atomic mass is 19.1. The van der Waals surface area contributed by atoms with Crippen LogP contribution in [0.2, 0.25) is 0 Å². The molecule has 2 rings (SSSR count). The second-order valence-corrected chi connectivity index (χ2v) is 5.10. The Morgan fingerprint density at radius 2 is 1.92 bits per heavy atom. The van der Waals surface area contributed by atoms with Crippen LogP contribution in [-0.2, 0) is 0 Å². The lowest BCUT2D eigenvalue weighted by atomic mass is 10.1. The first-order valence-corrected chi connectivity index (χ1v) is 7.27. The third-order valence-corrected chi connectivity index (χ3v) is 3.43. The summed E-state index contributed by atoms with van der Waals surface area (Å²) >= 11 is 0. The lowest BCUT2D eigenvalue weighted by molar-refractivity contribution is 0.0705. The number of benzene rings is 2. The van der Waals surface area contributed by atoms with Crippen LogP contribution in [0, 0.1) is 11.6 Å². The minimum atomic E-state index is -0.867.